The van der Waals surface area contributed by atoms with Crippen LogP contribution in [0.25, 0.3) is 0 Å². The Hall–Kier alpha value is -3.46. The molecule has 0 saturated heterocycles. The molecule has 9 heteroatoms. The van der Waals surface area contributed by atoms with E-state index in [1.54, 1.807) is 0 Å². The third-order valence-electron chi connectivity index (χ3n) is 10.5. The Morgan fingerprint density at radius 2 is 0.917 bits per heavy atom. The molecule has 0 radical (unpaired) electrons. The van der Waals surface area contributed by atoms with Crippen LogP contribution in [0, 0.1) is 0 Å². The molecule has 0 aromatic heterocycles. The molecule has 0 saturated carbocycles. The van der Waals surface area contributed by atoms with Gasteiger partial charge in [0.1, 0.15) is 12.1 Å². The Morgan fingerprint density at radius 3 is 1.45 bits per heavy atom. The van der Waals surface area contributed by atoms with Crippen molar-refractivity contribution < 1.29 is 34.1 Å². The van der Waals surface area contributed by atoms with E-state index in [4.69, 9.17) is 14.9 Å². The van der Waals surface area contributed by atoms with Crippen LogP contribution in [0.3, 0.4) is 0 Å². The largest absolute Gasteiger partial charge is 0.480 e. The third kappa shape index (κ3) is 41.3. The number of carboxylic acid groups (broad SMARTS) is 1. The van der Waals surface area contributed by atoms with E-state index in [2.05, 4.69) is 85.2 Å². The van der Waals surface area contributed by atoms with Crippen LogP contribution >= 0.6 is 0 Å². The van der Waals surface area contributed by atoms with Gasteiger partial charge in [0.15, 0.2) is 0 Å². The molecule has 9 nitrogen and oxygen atoms in total. The number of aliphatic carboxylic acids is 1. The van der Waals surface area contributed by atoms with Crippen molar-refractivity contribution in [3.63, 3.8) is 0 Å². The molecule has 0 aliphatic carbocycles. The van der Waals surface area contributed by atoms with Crippen LogP contribution in [0.15, 0.2) is 60.8 Å². The number of hydrogen-bond acceptors (Lipinski definition) is 6. The maximum absolute atomic E-state index is 12.8. The number of amides is 2. The van der Waals surface area contributed by atoms with E-state index in [1.165, 1.54) is 83.5 Å². The number of esters is 1. The molecule has 344 valence electrons. The molecule has 0 rings (SSSR count). The Morgan fingerprint density at radius 1 is 0.500 bits per heavy atom. The van der Waals surface area contributed by atoms with Crippen molar-refractivity contribution in [3.05, 3.63) is 60.8 Å². The highest BCUT2D eigenvalue weighted by Gasteiger charge is 2.19. The predicted molar refractivity (Wildman–Crippen MR) is 250 cm³/mol. The highest BCUT2D eigenvalue weighted by Crippen LogP contribution is 2.18. The van der Waals surface area contributed by atoms with Crippen LogP contribution in [-0.2, 0) is 23.9 Å². The molecule has 0 spiro atoms. The number of nitrogens with one attached hydrogen (secondary N) is 2. The molecule has 0 fully saturated rings. The Bertz CT molecular complexity index is 1190. The number of carboxylic acids is 1. The number of allylic oxidation sites excluding steroid dienone is 10. The smallest absolute Gasteiger partial charge is 0.328 e. The van der Waals surface area contributed by atoms with Gasteiger partial charge < -0.3 is 25.6 Å². The first kappa shape index (κ1) is 56.5. The number of rotatable bonds is 43. The monoisotopic (exact) mass is 841 g/mol. The second-order valence-corrected chi connectivity index (χ2v) is 16.2. The molecule has 2 unspecified atom stereocenters. The number of unbranched alkanes of at least 4 members (excludes halogenated alkanes) is 19. The molecule has 0 aromatic rings. The summed E-state index contributed by atoms with van der Waals surface area (Å²) in [6.45, 7) is 3.44. The Labute approximate surface area is 366 Å². The van der Waals surface area contributed by atoms with Gasteiger partial charge in [0, 0.05) is 12.8 Å². The summed E-state index contributed by atoms with van der Waals surface area (Å²) >= 11 is 0. The summed E-state index contributed by atoms with van der Waals surface area (Å²) in [5.74, 6) is -2.34. The summed E-state index contributed by atoms with van der Waals surface area (Å²) in [5.41, 5.74) is 0. The standard InChI is InChI=1S/C51H88N2O7/c1-3-5-7-9-11-13-15-17-18-19-20-21-22-24-26-28-30-35-39-43-50(57)60-46(40-36-32-29-27-25-23-16-14-12-10-8-6-4-2)41-37-33-31-34-38-42-48(55)52-44-49(56)53-47(45-54)51(58)59/h11,13,16-18,20-21,23,27,29,46-47,54H,3-10,12,14-15,19,22,24-26,28,30-45H2,1-2H3,(H,52,55)(H,53,56)(H,58,59)/b13-11-,18-17-,21-20-,23-16-,29-27-. The molecule has 0 bridgehead atoms. The van der Waals surface area contributed by atoms with Crippen molar-refractivity contribution in [3.8, 4) is 0 Å². The summed E-state index contributed by atoms with van der Waals surface area (Å²) in [6.07, 6.45) is 55.3. The lowest BCUT2D eigenvalue weighted by Gasteiger charge is -2.18. The molecule has 0 aromatic carbocycles. The maximum Gasteiger partial charge on any atom is 0.328 e. The van der Waals surface area contributed by atoms with E-state index in [9.17, 15) is 19.2 Å². The second-order valence-electron chi connectivity index (χ2n) is 16.2. The summed E-state index contributed by atoms with van der Waals surface area (Å²) < 4.78 is 6.02. The molecular formula is C51H88N2O7. The Balaban J connectivity index is 4.39. The van der Waals surface area contributed by atoms with Gasteiger partial charge in [-0.25, -0.2) is 4.79 Å². The van der Waals surface area contributed by atoms with Crippen molar-refractivity contribution in [1.82, 2.24) is 10.6 Å². The van der Waals surface area contributed by atoms with Crippen LogP contribution in [-0.4, -0.2) is 59.3 Å². The average Bonchev–Trinajstić information content (AvgIpc) is 3.23. The molecule has 2 amide bonds. The van der Waals surface area contributed by atoms with Crippen LogP contribution in [0.5, 0.6) is 0 Å². The minimum absolute atomic E-state index is 0.0670. The van der Waals surface area contributed by atoms with E-state index in [0.29, 0.717) is 12.8 Å². The van der Waals surface area contributed by atoms with Gasteiger partial charge in [0.2, 0.25) is 11.8 Å². The zero-order valence-electron chi connectivity index (χ0n) is 38.2. The summed E-state index contributed by atoms with van der Waals surface area (Å²) in [6, 6.07) is -1.39. The van der Waals surface area contributed by atoms with Crippen LogP contribution in [0.4, 0.5) is 0 Å². The summed E-state index contributed by atoms with van der Waals surface area (Å²) in [7, 11) is 0. The molecule has 0 aliphatic heterocycles. The molecule has 0 aliphatic rings. The third-order valence-corrected chi connectivity index (χ3v) is 10.5. The minimum Gasteiger partial charge on any atom is -0.480 e. The molecule has 0 heterocycles. The highest BCUT2D eigenvalue weighted by atomic mass is 16.5. The van der Waals surface area contributed by atoms with Crippen molar-refractivity contribution in [1.29, 1.82) is 0 Å². The minimum atomic E-state index is -1.39. The van der Waals surface area contributed by atoms with Crippen LogP contribution < -0.4 is 10.6 Å². The van der Waals surface area contributed by atoms with Gasteiger partial charge >= 0.3 is 11.9 Å². The lowest BCUT2D eigenvalue weighted by Crippen LogP contribution is -2.47. The van der Waals surface area contributed by atoms with Crippen molar-refractivity contribution in [2.24, 2.45) is 0 Å². The van der Waals surface area contributed by atoms with Gasteiger partial charge in [0.05, 0.1) is 13.2 Å². The topological polar surface area (TPSA) is 142 Å². The fourth-order valence-corrected chi connectivity index (χ4v) is 6.76. The van der Waals surface area contributed by atoms with Gasteiger partial charge in [-0.15, -0.1) is 0 Å². The van der Waals surface area contributed by atoms with E-state index in [0.717, 1.165) is 96.3 Å². The average molecular weight is 841 g/mol. The van der Waals surface area contributed by atoms with Gasteiger partial charge in [-0.2, -0.15) is 0 Å². The molecule has 2 atom stereocenters. The van der Waals surface area contributed by atoms with Crippen molar-refractivity contribution >= 4 is 23.8 Å². The van der Waals surface area contributed by atoms with Gasteiger partial charge in [-0.3, -0.25) is 14.4 Å². The zero-order valence-corrected chi connectivity index (χ0v) is 38.2. The molecule has 4 N–H and O–H groups in total. The lowest BCUT2D eigenvalue weighted by molar-refractivity contribution is -0.150. The number of carbonyl (C=O) groups excluding carboxylic acids is 3. The van der Waals surface area contributed by atoms with Gasteiger partial charge in [-0.05, 0) is 103 Å². The molecule has 60 heavy (non-hydrogen) atoms. The number of hydrogen-bond donors (Lipinski definition) is 4. The molecular weight excluding hydrogens is 753 g/mol. The first-order chi connectivity index (χ1) is 29.3. The Kier molecular flexibility index (Phi) is 42.5. The number of aliphatic hydroxyl groups excluding tert-OH is 1. The maximum atomic E-state index is 12.8. The van der Waals surface area contributed by atoms with E-state index in [1.807, 2.05) is 0 Å². The van der Waals surface area contributed by atoms with Crippen LogP contribution in [0.1, 0.15) is 213 Å². The fourth-order valence-electron chi connectivity index (χ4n) is 6.76. The summed E-state index contributed by atoms with van der Waals surface area (Å²) in [4.78, 5) is 47.7. The van der Waals surface area contributed by atoms with E-state index in [-0.39, 0.29) is 30.9 Å². The first-order valence-corrected chi connectivity index (χ1v) is 24.2. The van der Waals surface area contributed by atoms with Gasteiger partial charge in [-0.1, -0.05) is 158 Å². The lowest BCUT2D eigenvalue weighted by atomic mass is 10.0. The SMILES string of the molecule is CCCCC/C=C\C/C=C\C/C=C\CCCCCCCCC(=O)OC(CCC/C=C\C/C=C\CCCCCCC)CCCCCCCC(=O)NCC(=O)NC(CO)C(=O)O. The van der Waals surface area contributed by atoms with E-state index < -0.39 is 24.5 Å². The first-order valence-electron chi connectivity index (χ1n) is 24.2. The van der Waals surface area contributed by atoms with Gasteiger partial charge in [0.25, 0.3) is 0 Å². The predicted octanol–water partition coefficient (Wildman–Crippen LogP) is 12.5. The van der Waals surface area contributed by atoms with Crippen LogP contribution in [0.2, 0.25) is 0 Å². The number of aliphatic hydroxyl groups is 1. The number of carbonyl (C=O) groups is 4. The normalized spacial score (nSPS) is 13.0. The quantitative estimate of drug-likeness (QED) is 0.0272. The fraction of sp³-hybridized carbons (Fsp3) is 0.725. The van der Waals surface area contributed by atoms with Crippen molar-refractivity contribution in [2.45, 2.75) is 225 Å². The summed E-state index contributed by atoms with van der Waals surface area (Å²) in [5, 5.41) is 22.6. The van der Waals surface area contributed by atoms with Crippen molar-refractivity contribution in [2.75, 3.05) is 13.2 Å². The number of ether oxygens (including phenoxy) is 1. The highest BCUT2D eigenvalue weighted by molar-refractivity contribution is 5.87. The zero-order chi connectivity index (χ0) is 44.0. The second kappa shape index (κ2) is 45.1. The van der Waals surface area contributed by atoms with E-state index >= 15 is 0 Å².